The fourth-order valence-electron chi connectivity index (χ4n) is 2.92. The van der Waals surface area contributed by atoms with Crippen LogP contribution in [0.4, 0.5) is 0 Å². The number of aryl methyl sites for hydroxylation is 2. The van der Waals surface area contributed by atoms with E-state index in [4.69, 9.17) is 5.73 Å². The fraction of sp³-hybridized carbons (Fsp3) is 0.588. The van der Waals surface area contributed by atoms with Gasteiger partial charge in [0.15, 0.2) is 0 Å². The Labute approximate surface area is 122 Å². The Hall–Kier alpha value is -1.35. The molecule has 1 aromatic rings. The number of nitrogens with zero attached hydrogens (tertiary/aromatic N) is 1. The average molecular weight is 274 g/mol. The molecule has 1 aliphatic rings. The van der Waals surface area contributed by atoms with E-state index in [1.54, 1.807) is 0 Å². The van der Waals surface area contributed by atoms with Crippen LogP contribution < -0.4 is 5.73 Å². The van der Waals surface area contributed by atoms with E-state index in [-0.39, 0.29) is 11.9 Å². The van der Waals surface area contributed by atoms with Crippen molar-refractivity contribution in [1.29, 1.82) is 0 Å². The smallest absolute Gasteiger partial charge is 0.222 e. The van der Waals surface area contributed by atoms with Crippen LogP contribution in [0.5, 0.6) is 0 Å². The number of hydrogen-bond donors (Lipinski definition) is 1. The van der Waals surface area contributed by atoms with Crippen molar-refractivity contribution in [1.82, 2.24) is 4.90 Å². The van der Waals surface area contributed by atoms with Crippen LogP contribution in [0.15, 0.2) is 18.2 Å². The summed E-state index contributed by atoms with van der Waals surface area (Å²) in [4.78, 5) is 14.0. The third-order valence-electron chi connectivity index (χ3n) is 4.44. The molecule has 0 aliphatic carbocycles. The Morgan fingerprint density at radius 2 is 2.05 bits per heavy atom. The Kier molecular flexibility index (Phi) is 4.48. The molecule has 0 bridgehead atoms. The minimum absolute atomic E-state index is 0.0928. The Morgan fingerprint density at radius 1 is 1.35 bits per heavy atom. The molecule has 3 heteroatoms. The van der Waals surface area contributed by atoms with E-state index in [0.29, 0.717) is 24.8 Å². The minimum Gasteiger partial charge on any atom is -0.340 e. The molecule has 1 aromatic carbocycles. The van der Waals surface area contributed by atoms with Crippen LogP contribution in [0, 0.1) is 25.7 Å². The molecule has 2 N–H and O–H groups in total. The first-order valence-corrected chi connectivity index (χ1v) is 7.49. The molecule has 0 saturated carbocycles. The van der Waals surface area contributed by atoms with Gasteiger partial charge >= 0.3 is 0 Å². The van der Waals surface area contributed by atoms with Crippen molar-refractivity contribution < 1.29 is 4.79 Å². The van der Waals surface area contributed by atoms with Gasteiger partial charge in [-0.15, -0.1) is 0 Å². The number of hydrogen-bond acceptors (Lipinski definition) is 2. The second kappa shape index (κ2) is 5.96. The first-order chi connectivity index (χ1) is 9.38. The standard InChI is InChI=1S/C17H26N2O/c1-11(2)14-8-17(20)19(9-14)10-16(18)15-7-12(3)5-6-13(15)4/h5-7,11,14,16H,8-10,18H2,1-4H3. The average Bonchev–Trinajstić information content (AvgIpc) is 2.74. The number of likely N-dealkylation sites (tertiary alicyclic amines) is 1. The van der Waals surface area contributed by atoms with Crippen LogP contribution in [0.25, 0.3) is 0 Å². The van der Waals surface area contributed by atoms with Gasteiger partial charge in [0.05, 0.1) is 0 Å². The van der Waals surface area contributed by atoms with Gasteiger partial charge < -0.3 is 10.6 Å². The number of rotatable bonds is 4. The molecule has 2 unspecified atom stereocenters. The Morgan fingerprint density at radius 3 is 2.65 bits per heavy atom. The number of nitrogens with two attached hydrogens (primary N) is 1. The van der Waals surface area contributed by atoms with E-state index in [1.165, 1.54) is 11.1 Å². The van der Waals surface area contributed by atoms with Crippen LogP contribution in [-0.4, -0.2) is 23.9 Å². The SMILES string of the molecule is Cc1ccc(C)c(C(N)CN2CC(C(C)C)CC2=O)c1. The van der Waals surface area contributed by atoms with Crippen molar-refractivity contribution in [3.05, 3.63) is 34.9 Å². The van der Waals surface area contributed by atoms with E-state index in [0.717, 1.165) is 12.1 Å². The normalized spacial score (nSPS) is 20.8. The van der Waals surface area contributed by atoms with Crippen LogP contribution >= 0.6 is 0 Å². The summed E-state index contributed by atoms with van der Waals surface area (Å²) < 4.78 is 0. The predicted molar refractivity (Wildman–Crippen MR) is 82.4 cm³/mol. The Bertz CT molecular complexity index is 496. The van der Waals surface area contributed by atoms with E-state index < -0.39 is 0 Å². The van der Waals surface area contributed by atoms with Crippen molar-refractivity contribution in [3.8, 4) is 0 Å². The number of benzene rings is 1. The van der Waals surface area contributed by atoms with Gasteiger partial charge in [-0.1, -0.05) is 37.6 Å². The molecule has 1 fully saturated rings. The largest absolute Gasteiger partial charge is 0.340 e. The fourth-order valence-corrected chi connectivity index (χ4v) is 2.92. The molecule has 20 heavy (non-hydrogen) atoms. The molecule has 2 atom stereocenters. The summed E-state index contributed by atoms with van der Waals surface area (Å²) in [7, 11) is 0. The molecular formula is C17H26N2O. The third-order valence-corrected chi connectivity index (χ3v) is 4.44. The predicted octanol–water partition coefficient (Wildman–Crippen LogP) is 2.81. The number of carbonyl (C=O) groups is 1. The van der Waals surface area contributed by atoms with Gasteiger partial charge in [0.1, 0.15) is 0 Å². The molecule has 2 rings (SSSR count). The molecule has 0 aromatic heterocycles. The Balaban J connectivity index is 2.06. The maximum absolute atomic E-state index is 12.1. The minimum atomic E-state index is -0.0928. The number of amides is 1. The van der Waals surface area contributed by atoms with Gasteiger partial charge in [0, 0.05) is 25.6 Å². The summed E-state index contributed by atoms with van der Waals surface area (Å²) in [6.45, 7) is 10.0. The van der Waals surface area contributed by atoms with Gasteiger partial charge in [-0.05, 0) is 36.8 Å². The molecule has 1 aliphatic heterocycles. The van der Waals surface area contributed by atoms with E-state index in [9.17, 15) is 4.79 Å². The van der Waals surface area contributed by atoms with Crippen LogP contribution in [-0.2, 0) is 4.79 Å². The highest BCUT2D eigenvalue weighted by Crippen LogP contribution is 2.27. The number of carbonyl (C=O) groups excluding carboxylic acids is 1. The van der Waals surface area contributed by atoms with Crippen molar-refractivity contribution >= 4 is 5.91 Å². The topological polar surface area (TPSA) is 46.3 Å². The molecule has 3 nitrogen and oxygen atoms in total. The lowest BCUT2D eigenvalue weighted by atomic mass is 9.95. The van der Waals surface area contributed by atoms with Crippen molar-refractivity contribution in [2.75, 3.05) is 13.1 Å². The van der Waals surface area contributed by atoms with Crippen LogP contribution in [0.1, 0.15) is 43.0 Å². The zero-order chi connectivity index (χ0) is 14.9. The van der Waals surface area contributed by atoms with Crippen molar-refractivity contribution in [3.63, 3.8) is 0 Å². The zero-order valence-electron chi connectivity index (χ0n) is 13.0. The summed E-state index contributed by atoms with van der Waals surface area (Å²) in [5.74, 6) is 1.29. The summed E-state index contributed by atoms with van der Waals surface area (Å²) in [6.07, 6.45) is 0.678. The first-order valence-electron chi connectivity index (χ1n) is 7.49. The van der Waals surface area contributed by atoms with Gasteiger partial charge in [-0.2, -0.15) is 0 Å². The zero-order valence-corrected chi connectivity index (χ0v) is 13.0. The van der Waals surface area contributed by atoms with Gasteiger partial charge in [0.2, 0.25) is 5.91 Å². The lowest BCUT2D eigenvalue weighted by Gasteiger charge is -2.23. The maximum atomic E-state index is 12.1. The summed E-state index contributed by atoms with van der Waals surface area (Å²) >= 11 is 0. The molecule has 1 heterocycles. The van der Waals surface area contributed by atoms with Crippen LogP contribution in [0.2, 0.25) is 0 Å². The lowest BCUT2D eigenvalue weighted by molar-refractivity contribution is -0.128. The van der Waals surface area contributed by atoms with Crippen LogP contribution in [0.3, 0.4) is 0 Å². The molecular weight excluding hydrogens is 248 g/mol. The van der Waals surface area contributed by atoms with E-state index in [2.05, 4.69) is 45.9 Å². The lowest BCUT2D eigenvalue weighted by Crippen LogP contribution is -2.34. The van der Waals surface area contributed by atoms with Gasteiger partial charge in [-0.25, -0.2) is 0 Å². The van der Waals surface area contributed by atoms with Crippen molar-refractivity contribution in [2.24, 2.45) is 17.6 Å². The second-order valence-corrected chi connectivity index (χ2v) is 6.47. The van der Waals surface area contributed by atoms with E-state index in [1.807, 2.05) is 4.90 Å². The molecule has 1 amide bonds. The highest BCUT2D eigenvalue weighted by Gasteiger charge is 2.32. The highest BCUT2D eigenvalue weighted by molar-refractivity contribution is 5.78. The summed E-state index contributed by atoms with van der Waals surface area (Å²) in [5.41, 5.74) is 9.91. The van der Waals surface area contributed by atoms with Gasteiger partial charge in [0.25, 0.3) is 0 Å². The molecule has 110 valence electrons. The molecule has 1 saturated heterocycles. The van der Waals surface area contributed by atoms with E-state index >= 15 is 0 Å². The third kappa shape index (κ3) is 3.21. The second-order valence-electron chi connectivity index (χ2n) is 6.47. The van der Waals surface area contributed by atoms with Crippen molar-refractivity contribution in [2.45, 2.75) is 40.2 Å². The first kappa shape index (κ1) is 15.0. The summed E-state index contributed by atoms with van der Waals surface area (Å²) in [6, 6.07) is 6.25. The highest BCUT2D eigenvalue weighted by atomic mass is 16.2. The maximum Gasteiger partial charge on any atom is 0.222 e. The quantitative estimate of drug-likeness (QED) is 0.917. The van der Waals surface area contributed by atoms with Gasteiger partial charge in [-0.3, -0.25) is 4.79 Å². The monoisotopic (exact) mass is 274 g/mol. The molecule has 0 radical (unpaired) electrons. The molecule has 0 spiro atoms. The summed E-state index contributed by atoms with van der Waals surface area (Å²) in [5, 5.41) is 0.